The first kappa shape index (κ1) is 14.5. The Bertz CT molecular complexity index is 520. The number of carbonyl (C=O) groups excluding carboxylic acids is 1. The summed E-state index contributed by atoms with van der Waals surface area (Å²) >= 11 is 0. The van der Waals surface area contributed by atoms with Crippen molar-refractivity contribution < 1.29 is 23.8 Å². The van der Waals surface area contributed by atoms with Gasteiger partial charge in [0, 0.05) is 6.54 Å². The summed E-state index contributed by atoms with van der Waals surface area (Å²) < 4.78 is 18.2. The molecule has 1 N–H and O–H groups in total. The van der Waals surface area contributed by atoms with E-state index in [4.69, 9.17) is 9.84 Å². The van der Waals surface area contributed by atoms with Crippen LogP contribution in [0.3, 0.4) is 0 Å². The zero-order chi connectivity index (χ0) is 14.7. The third-order valence-electron chi connectivity index (χ3n) is 3.37. The first-order valence-corrected chi connectivity index (χ1v) is 6.37. The first-order chi connectivity index (χ1) is 9.49. The maximum Gasteiger partial charge on any atom is 0.334 e. The molecule has 5 nitrogen and oxygen atoms in total. The number of carboxylic acids is 1. The molecule has 0 radical (unpaired) electrons. The van der Waals surface area contributed by atoms with Gasteiger partial charge in [-0.2, -0.15) is 0 Å². The van der Waals surface area contributed by atoms with Crippen molar-refractivity contribution >= 4 is 11.9 Å². The van der Waals surface area contributed by atoms with E-state index < -0.39 is 23.8 Å². The second kappa shape index (κ2) is 6.00. The van der Waals surface area contributed by atoms with Gasteiger partial charge in [-0.15, -0.1) is 0 Å². The zero-order valence-corrected chi connectivity index (χ0v) is 11.1. The first-order valence-electron chi connectivity index (χ1n) is 6.37. The number of ether oxygens (including phenoxy) is 1. The van der Waals surface area contributed by atoms with Crippen LogP contribution in [-0.2, 0) is 14.3 Å². The smallest absolute Gasteiger partial charge is 0.334 e. The monoisotopic (exact) mass is 281 g/mol. The zero-order valence-electron chi connectivity index (χ0n) is 11.1. The lowest BCUT2D eigenvalue weighted by Gasteiger charge is -2.32. The second-order valence-electron chi connectivity index (χ2n) is 4.76. The van der Waals surface area contributed by atoms with Crippen molar-refractivity contribution in [1.29, 1.82) is 0 Å². The van der Waals surface area contributed by atoms with Crippen LogP contribution in [0.15, 0.2) is 24.3 Å². The highest BCUT2D eigenvalue weighted by molar-refractivity contribution is 5.84. The third kappa shape index (κ3) is 3.14. The fourth-order valence-electron chi connectivity index (χ4n) is 2.19. The molecule has 0 spiro atoms. The average molecular weight is 281 g/mol. The van der Waals surface area contributed by atoms with Crippen LogP contribution in [-0.4, -0.2) is 47.7 Å². The summed E-state index contributed by atoms with van der Waals surface area (Å²) in [6, 6.07) is 5.86. The maximum atomic E-state index is 13.2. The largest absolute Gasteiger partial charge is 0.479 e. The van der Waals surface area contributed by atoms with Gasteiger partial charge >= 0.3 is 5.97 Å². The Balaban J connectivity index is 2.08. The van der Waals surface area contributed by atoms with Gasteiger partial charge in [-0.25, -0.2) is 9.18 Å². The summed E-state index contributed by atoms with van der Waals surface area (Å²) in [5.74, 6) is -2.21. The molecule has 1 aromatic carbocycles. The molecule has 0 aromatic heterocycles. The van der Waals surface area contributed by atoms with Gasteiger partial charge in [-0.1, -0.05) is 12.1 Å². The Morgan fingerprint density at radius 3 is 2.90 bits per heavy atom. The van der Waals surface area contributed by atoms with E-state index in [9.17, 15) is 14.0 Å². The predicted molar refractivity (Wildman–Crippen MR) is 68.8 cm³/mol. The number of hydrogen-bond donors (Lipinski definition) is 1. The number of morpholine rings is 1. The average Bonchev–Trinajstić information content (AvgIpc) is 2.45. The van der Waals surface area contributed by atoms with Crippen LogP contribution in [0.1, 0.15) is 18.4 Å². The molecule has 1 aromatic rings. The summed E-state index contributed by atoms with van der Waals surface area (Å²) in [5, 5.41) is 8.92. The molecule has 1 heterocycles. The van der Waals surface area contributed by atoms with E-state index in [1.165, 1.54) is 17.0 Å². The summed E-state index contributed by atoms with van der Waals surface area (Å²) in [7, 11) is 0. The SMILES string of the molecule is C[C@H](C(=O)N1CCO[C@@H](C(=O)O)C1)c1cccc(F)c1. The predicted octanol–water partition coefficient (Wildman–Crippen LogP) is 1.24. The van der Waals surface area contributed by atoms with Gasteiger partial charge < -0.3 is 14.7 Å². The number of carbonyl (C=O) groups is 2. The van der Waals surface area contributed by atoms with E-state index in [0.717, 1.165) is 0 Å². The van der Waals surface area contributed by atoms with Crippen LogP contribution in [0.25, 0.3) is 0 Å². The third-order valence-corrected chi connectivity index (χ3v) is 3.37. The minimum Gasteiger partial charge on any atom is -0.479 e. The van der Waals surface area contributed by atoms with Crippen LogP contribution in [0.5, 0.6) is 0 Å². The second-order valence-corrected chi connectivity index (χ2v) is 4.76. The normalized spacial score (nSPS) is 20.5. The van der Waals surface area contributed by atoms with E-state index in [1.807, 2.05) is 0 Å². The van der Waals surface area contributed by atoms with Gasteiger partial charge in [0.25, 0.3) is 0 Å². The van der Waals surface area contributed by atoms with Gasteiger partial charge in [-0.05, 0) is 24.6 Å². The molecule has 0 unspecified atom stereocenters. The number of aliphatic carboxylic acids is 1. The minimum atomic E-state index is -1.08. The molecule has 1 aliphatic rings. The van der Waals surface area contributed by atoms with Gasteiger partial charge in [0.05, 0.1) is 19.1 Å². The van der Waals surface area contributed by atoms with Gasteiger partial charge in [0.2, 0.25) is 5.91 Å². The molecule has 0 aliphatic carbocycles. The Morgan fingerprint density at radius 1 is 1.50 bits per heavy atom. The van der Waals surface area contributed by atoms with Crippen molar-refractivity contribution in [3.05, 3.63) is 35.6 Å². The Kier molecular flexibility index (Phi) is 4.34. The van der Waals surface area contributed by atoms with E-state index in [2.05, 4.69) is 0 Å². The van der Waals surface area contributed by atoms with Crippen molar-refractivity contribution in [2.45, 2.75) is 18.9 Å². The number of rotatable bonds is 3. The van der Waals surface area contributed by atoms with Crippen LogP contribution < -0.4 is 0 Å². The van der Waals surface area contributed by atoms with Crippen LogP contribution in [0, 0.1) is 5.82 Å². The Hall–Kier alpha value is -1.95. The number of nitrogens with zero attached hydrogens (tertiary/aromatic N) is 1. The van der Waals surface area contributed by atoms with Crippen LogP contribution in [0.2, 0.25) is 0 Å². The highest BCUT2D eigenvalue weighted by Gasteiger charge is 2.31. The molecule has 20 heavy (non-hydrogen) atoms. The molecule has 1 saturated heterocycles. The fourth-order valence-corrected chi connectivity index (χ4v) is 2.19. The molecule has 1 aliphatic heterocycles. The molecule has 108 valence electrons. The number of carboxylic acid groups (broad SMARTS) is 1. The van der Waals surface area contributed by atoms with E-state index in [0.29, 0.717) is 12.1 Å². The van der Waals surface area contributed by atoms with Crippen LogP contribution >= 0.6 is 0 Å². The highest BCUT2D eigenvalue weighted by Crippen LogP contribution is 2.20. The lowest BCUT2D eigenvalue weighted by molar-refractivity contribution is -0.159. The van der Waals surface area contributed by atoms with E-state index in [-0.39, 0.29) is 19.1 Å². The molecule has 1 amide bonds. The molecular formula is C14H16FNO4. The van der Waals surface area contributed by atoms with Gasteiger partial charge in [0.1, 0.15) is 5.82 Å². The number of halogens is 1. The topological polar surface area (TPSA) is 66.8 Å². The van der Waals surface area contributed by atoms with E-state index >= 15 is 0 Å². The maximum absolute atomic E-state index is 13.2. The molecule has 0 saturated carbocycles. The van der Waals surface area contributed by atoms with Crippen molar-refractivity contribution in [3.63, 3.8) is 0 Å². The van der Waals surface area contributed by atoms with Crippen molar-refractivity contribution in [3.8, 4) is 0 Å². The molecule has 2 rings (SSSR count). The minimum absolute atomic E-state index is 0.0216. The summed E-state index contributed by atoms with van der Waals surface area (Å²) in [5.41, 5.74) is 0.577. The fraction of sp³-hybridized carbons (Fsp3) is 0.429. The van der Waals surface area contributed by atoms with Crippen molar-refractivity contribution in [2.75, 3.05) is 19.7 Å². The van der Waals surface area contributed by atoms with Crippen LogP contribution in [0.4, 0.5) is 4.39 Å². The molecule has 0 bridgehead atoms. The summed E-state index contributed by atoms with van der Waals surface area (Å²) in [6.45, 7) is 2.25. The standard InChI is InChI=1S/C14H16FNO4/c1-9(10-3-2-4-11(15)7-10)13(17)16-5-6-20-12(8-16)14(18)19/h2-4,7,9,12H,5-6,8H2,1H3,(H,18,19)/t9-,12+/m0/s1. The lowest BCUT2D eigenvalue weighted by Crippen LogP contribution is -2.49. The van der Waals surface area contributed by atoms with Crippen molar-refractivity contribution in [1.82, 2.24) is 4.90 Å². The molecule has 2 atom stereocenters. The number of benzene rings is 1. The number of hydrogen-bond acceptors (Lipinski definition) is 3. The summed E-state index contributed by atoms with van der Waals surface area (Å²) in [4.78, 5) is 24.7. The quantitative estimate of drug-likeness (QED) is 0.905. The van der Waals surface area contributed by atoms with E-state index in [1.54, 1.807) is 19.1 Å². The van der Waals surface area contributed by atoms with Gasteiger partial charge in [-0.3, -0.25) is 4.79 Å². The Labute approximate surface area is 116 Å². The number of amides is 1. The van der Waals surface area contributed by atoms with Crippen molar-refractivity contribution in [2.24, 2.45) is 0 Å². The Morgan fingerprint density at radius 2 is 2.25 bits per heavy atom. The molecular weight excluding hydrogens is 265 g/mol. The molecule has 1 fully saturated rings. The molecule has 6 heteroatoms. The summed E-state index contributed by atoms with van der Waals surface area (Å²) in [6.07, 6.45) is -0.993. The lowest BCUT2D eigenvalue weighted by atomic mass is 9.99. The highest BCUT2D eigenvalue weighted by atomic mass is 19.1. The van der Waals surface area contributed by atoms with Gasteiger partial charge in [0.15, 0.2) is 6.10 Å².